The Balaban J connectivity index is 2.21. The molecule has 0 aliphatic heterocycles. The third kappa shape index (κ3) is 4.69. The van der Waals surface area contributed by atoms with Crippen LogP contribution in [0.3, 0.4) is 0 Å². The lowest BCUT2D eigenvalue weighted by Crippen LogP contribution is -2.21. The molecule has 1 aliphatic carbocycles. The topological polar surface area (TPSA) is 36.9 Å². The molecule has 0 aromatic heterocycles. The summed E-state index contributed by atoms with van der Waals surface area (Å²) < 4.78 is 23.2. The SMILES string of the molecule is CCOc1ccc(C2c3cc(OCC)c(OC)cc3C(CC(C)C)C2C(C)C)cc1OC. The van der Waals surface area contributed by atoms with Crippen LogP contribution >= 0.6 is 0 Å². The van der Waals surface area contributed by atoms with Crippen molar-refractivity contribution in [3.05, 3.63) is 47.0 Å². The smallest absolute Gasteiger partial charge is 0.161 e. The van der Waals surface area contributed by atoms with Gasteiger partial charge in [0.2, 0.25) is 0 Å². The van der Waals surface area contributed by atoms with Crippen LogP contribution in [0, 0.1) is 17.8 Å². The maximum Gasteiger partial charge on any atom is 0.161 e. The average Bonchev–Trinajstić information content (AvgIpc) is 3.06. The van der Waals surface area contributed by atoms with Gasteiger partial charge in [0.15, 0.2) is 23.0 Å². The van der Waals surface area contributed by atoms with Gasteiger partial charge in [0.25, 0.3) is 0 Å². The second-order valence-electron chi connectivity index (χ2n) is 9.44. The third-order valence-corrected chi connectivity index (χ3v) is 6.59. The second kappa shape index (κ2) is 10.5. The van der Waals surface area contributed by atoms with E-state index < -0.39 is 0 Å². The molecule has 0 bridgehead atoms. The maximum atomic E-state index is 5.98. The molecule has 4 nitrogen and oxygen atoms in total. The van der Waals surface area contributed by atoms with E-state index in [-0.39, 0.29) is 5.92 Å². The molecule has 2 aromatic rings. The van der Waals surface area contributed by atoms with Gasteiger partial charge in [-0.25, -0.2) is 0 Å². The molecule has 0 radical (unpaired) electrons. The zero-order valence-electron chi connectivity index (χ0n) is 21.0. The van der Waals surface area contributed by atoms with Gasteiger partial charge in [-0.3, -0.25) is 0 Å². The van der Waals surface area contributed by atoms with Crippen molar-refractivity contribution in [3.63, 3.8) is 0 Å². The Kier molecular flexibility index (Phi) is 7.97. The Morgan fingerprint density at radius 1 is 0.750 bits per heavy atom. The highest BCUT2D eigenvalue weighted by atomic mass is 16.5. The average molecular weight is 441 g/mol. The molecular weight excluding hydrogens is 400 g/mol. The molecule has 0 amide bonds. The van der Waals surface area contributed by atoms with Crippen LogP contribution in [0.5, 0.6) is 23.0 Å². The number of rotatable bonds is 10. The summed E-state index contributed by atoms with van der Waals surface area (Å²) in [6.45, 7) is 14.6. The summed E-state index contributed by atoms with van der Waals surface area (Å²) in [6, 6.07) is 10.9. The molecule has 0 N–H and O–H groups in total. The van der Waals surface area contributed by atoms with Gasteiger partial charge in [0, 0.05) is 5.92 Å². The van der Waals surface area contributed by atoms with E-state index >= 15 is 0 Å². The van der Waals surface area contributed by atoms with Crippen LogP contribution in [0.15, 0.2) is 30.3 Å². The summed E-state index contributed by atoms with van der Waals surface area (Å²) in [6.07, 6.45) is 1.15. The first kappa shape index (κ1) is 24.3. The fourth-order valence-electron chi connectivity index (χ4n) is 5.45. The molecule has 3 atom stereocenters. The predicted molar refractivity (Wildman–Crippen MR) is 131 cm³/mol. The van der Waals surface area contributed by atoms with Crippen molar-refractivity contribution >= 4 is 0 Å². The van der Waals surface area contributed by atoms with Crippen LogP contribution < -0.4 is 18.9 Å². The lowest BCUT2D eigenvalue weighted by molar-refractivity contribution is 0.282. The number of fused-ring (bicyclic) bond motifs is 1. The zero-order valence-corrected chi connectivity index (χ0v) is 21.0. The quantitative estimate of drug-likeness (QED) is 0.397. The lowest BCUT2D eigenvalue weighted by atomic mass is 9.73. The second-order valence-corrected chi connectivity index (χ2v) is 9.44. The number of benzene rings is 2. The van der Waals surface area contributed by atoms with Crippen LogP contribution in [-0.4, -0.2) is 27.4 Å². The van der Waals surface area contributed by atoms with Crippen LogP contribution in [0.25, 0.3) is 0 Å². The third-order valence-electron chi connectivity index (χ3n) is 6.59. The molecule has 4 heteroatoms. The normalized spacial score (nSPS) is 19.9. The van der Waals surface area contributed by atoms with Crippen molar-refractivity contribution in [2.24, 2.45) is 17.8 Å². The van der Waals surface area contributed by atoms with E-state index in [1.165, 1.54) is 16.7 Å². The molecular formula is C28H40O4. The van der Waals surface area contributed by atoms with Crippen LogP contribution in [0.2, 0.25) is 0 Å². The Bertz CT molecular complexity index is 903. The fraction of sp³-hybridized carbons (Fsp3) is 0.571. The minimum absolute atomic E-state index is 0.267. The summed E-state index contributed by atoms with van der Waals surface area (Å²) >= 11 is 0. The van der Waals surface area contributed by atoms with Crippen LogP contribution in [0.4, 0.5) is 0 Å². The highest BCUT2D eigenvalue weighted by Gasteiger charge is 2.44. The van der Waals surface area contributed by atoms with Gasteiger partial charge < -0.3 is 18.9 Å². The van der Waals surface area contributed by atoms with Crippen molar-refractivity contribution in [2.75, 3.05) is 27.4 Å². The molecule has 1 aliphatic rings. The van der Waals surface area contributed by atoms with Gasteiger partial charge in [0.1, 0.15) is 0 Å². The van der Waals surface area contributed by atoms with Gasteiger partial charge in [-0.15, -0.1) is 0 Å². The van der Waals surface area contributed by atoms with Crippen molar-refractivity contribution < 1.29 is 18.9 Å². The highest BCUT2D eigenvalue weighted by Crippen LogP contribution is 2.57. The number of methoxy groups -OCH3 is 2. The van der Waals surface area contributed by atoms with E-state index in [1.807, 2.05) is 13.8 Å². The summed E-state index contributed by atoms with van der Waals surface area (Å²) in [5.41, 5.74) is 4.02. The monoisotopic (exact) mass is 440 g/mol. The van der Waals surface area contributed by atoms with E-state index in [9.17, 15) is 0 Å². The van der Waals surface area contributed by atoms with Gasteiger partial charge in [-0.05, 0) is 84.9 Å². The summed E-state index contributed by atoms with van der Waals surface area (Å²) in [7, 11) is 3.44. The summed E-state index contributed by atoms with van der Waals surface area (Å²) in [5, 5.41) is 0. The molecule has 2 aromatic carbocycles. The van der Waals surface area contributed by atoms with E-state index in [0.717, 1.165) is 29.4 Å². The summed E-state index contributed by atoms with van der Waals surface area (Å²) in [5.74, 6) is 5.59. The van der Waals surface area contributed by atoms with Crippen LogP contribution in [0.1, 0.15) is 76.5 Å². The molecule has 3 unspecified atom stereocenters. The predicted octanol–water partition coefficient (Wildman–Crippen LogP) is 7.05. The first-order valence-electron chi connectivity index (χ1n) is 12.0. The Hall–Kier alpha value is -2.36. The molecule has 0 saturated carbocycles. The van der Waals surface area contributed by atoms with Crippen molar-refractivity contribution in [1.82, 2.24) is 0 Å². The lowest BCUT2D eigenvalue weighted by Gasteiger charge is -2.31. The van der Waals surface area contributed by atoms with Crippen LogP contribution in [-0.2, 0) is 0 Å². The molecule has 0 fully saturated rings. The van der Waals surface area contributed by atoms with Gasteiger partial charge in [-0.1, -0.05) is 33.8 Å². The van der Waals surface area contributed by atoms with E-state index in [2.05, 4.69) is 58.0 Å². The van der Waals surface area contributed by atoms with Crippen molar-refractivity contribution in [2.45, 2.75) is 59.8 Å². The van der Waals surface area contributed by atoms with E-state index in [4.69, 9.17) is 18.9 Å². The number of hydrogen-bond acceptors (Lipinski definition) is 4. The van der Waals surface area contributed by atoms with Gasteiger partial charge in [-0.2, -0.15) is 0 Å². The molecule has 32 heavy (non-hydrogen) atoms. The molecule has 0 saturated heterocycles. The van der Waals surface area contributed by atoms with Crippen molar-refractivity contribution in [3.8, 4) is 23.0 Å². The first-order chi connectivity index (χ1) is 15.4. The molecule has 0 heterocycles. The van der Waals surface area contributed by atoms with E-state index in [1.54, 1.807) is 14.2 Å². The number of ether oxygens (including phenoxy) is 4. The number of hydrogen-bond donors (Lipinski definition) is 0. The largest absolute Gasteiger partial charge is 0.493 e. The molecule has 3 rings (SSSR count). The van der Waals surface area contributed by atoms with Gasteiger partial charge >= 0.3 is 0 Å². The van der Waals surface area contributed by atoms with Gasteiger partial charge in [0.05, 0.1) is 27.4 Å². The first-order valence-corrected chi connectivity index (χ1v) is 12.0. The minimum Gasteiger partial charge on any atom is -0.493 e. The Morgan fingerprint density at radius 3 is 1.91 bits per heavy atom. The van der Waals surface area contributed by atoms with E-state index in [0.29, 0.717) is 36.9 Å². The maximum absolute atomic E-state index is 5.98. The minimum atomic E-state index is 0.267. The zero-order chi connectivity index (χ0) is 23.4. The Labute approximate surface area is 194 Å². The fourth-order valence-corrected chi connectivity index (χ4v) is 5.45. The van der Waals surface area contributed by atoms with Crippen molar-refractivity contribution in [1.29, 1.82) is 0 Å². The summed E-state index contributed by atoms with van der Waals surface area (Å²) in [4.78, 5) is 0. The molecule has 176 valence electrons. The highest BCUT2D eigenvalue weighted by molar-refractivity contribution is 5.57. The standard InChI is InChI=1S/C28H40O4/c1-9-31-23-12-11-19(14-24(23)29-7)28-22-16-26(32-10-2)25(30-8)15-20(22)21(13-17(3)4)27(28)18(5)6/h11-12,14-18,21,27-28H,9-10,13H2,1-8H3. The molecule has 0 spiro atoms. The Morgan fingerprint density at radius 2 is 1.34 bits per heavy atom.